The summed E-state index contributed by atoms with van der Waals surface area (Å²) in [7, 11) is 1.17. The highest BCUT2D eigenvalue weighted by atomic mass is 19.4. The van der Waals surface area contributed by atoms with Gasteiger partial charge in [-0.3, -0.25) is 14.2 Å². The Morgan fingerprint density at radius 3 is 2.59 bits per heavy atom. The number of nitrogens with one attached hydrogen (secondary N) is 2. The molecule has 0 unspecified atom stereocenters. The third-order valence-electron chi connectivity index (χ3n) is 2.87. The molecule has 0 spiro atoms. The highest BCUT2D eigenvalue weighted by molar-refractivity contribution is 6.03. The predicted molar refractivity (Wildman–Crippen MR) is 71.7 cm³/mol. The SMILES string of the molecule is Cn1c(=O)[nH]cc(C(=O)Nc2cccc(C(F)(F)F)c2)c1=O. The number of carbonyl (C=O) groups excluding carboxylic acids is 1. The summed E-state index contributed by atoms with van der Waals surface area (Å²) in [4.78, 5) is 37.0. The lowest BCUT2D eigenvalue weighted by molar-refractivity contribution is -0.137. The van der Waals surface area contributed by atoms with Crippen LogP contribution in [0.2, 0.25) is 0 Å². The number of hydrogen-bond donors (Lipinski definition) is 2. The molecule has 1 amide bonds. The van der Waals surface area contributed by atoms with Gasteiger partial charge in [-0.05, 0) is 18.2 Å². The Labute approximate surface area is 121 Å². The highest BCUT2D eigenvalue weighted by Gasteiger charge is 2.30. The molecule has 22 heavy (non-hydrogen) atoms. The van der Waals surface area contributed by atoms with Gasteiger partial charge in [0.05, 0.1) is 5.56 Å². The van der Waals surface area contributed by atoms with E-state index in [-0.39, 0.29) is 11.3 Å². The fraction of sp³-hybridized carbons (Fsp3) is 0.154. The molecule has 0 radical (unpaired) electrons. The van der Waals surface area contributed by atoms with Crippen molar-refractivity contribution >= 4 is 11.6 Å². The van der Waals surface area contributed by atoms with Crippen molar-refractivity contribution in [1.82, 2.24) is 9.55 Å². The molecular formula is C13H10F3N3O3. The average Bonchev–Trinajstić information content (AvgIpc) is 2.44. The number of aromatic amines is 1. The summed E-state index contributed by atoms with van der Waals surface area (Å²) >= 11 is 0. The topological polar surface area (TPSA) is 84.0 Å². The van der Waals surface area contributed by atoms with Crippen LogP contribution in [0.25, 0.3) is 0 Å². The van der Waals surface area contributed by atoms with E-state index in [9.17, 15) is 27.6 Å². The van der Waals surface area contributed by atoms with E-state index >= 15 is 0 Å². The van der Waals surface area contributed by atoms with Crippen LogP contribution in [0.4, 0.5) is 18.9 Å². The molecule has 116 valence electrons. The maximum Gasteiger partial charge on any atom is 0.416 e. The second kappa shape index (κ2) is 5.51. The molecule has 0 aliphatic carbocycles. The lowest BCUT2D eigenvalue weighted by atomic mass is 10.2. The molecule has 0 saturated heterocycles. The van der Waals surface area contributed by atoms with Gasteiger partial charge in [-0.25, -0.2) is 4.79 Å². The van der Waals surface area contributed by atoms with Crippen molar-refractivity contribution in [3.05, 3.63) is 62.4 Å². The van der Waals surface area contributed by atoms with Crippen LogP contribution in [0.5, 0.6) is 0 Å². The van der Waals surface area contributed by atoms with Crippen LogP contribution in [0.3, 0.4) is 0 Å². The van der Waals surface area contributed by atoms with Gasteiger partial charge in [0.1, 0.15) is 5.56 Å². The minimum Gasteiger partial charge on any atom is -0.322 e. The summed E-state index contributed by atoms with van der Waals surface area (Å²) in [5, 5.41) is 2.18. The van der Waals surface area contributed by atoms with E-state index in [2.05, 4.69) is 10.3 Å². The molecule has 2 N–H and O–H groups in total. The van der Waals surface area contributed by atoms with Crippen molar-refractivity contribution in [3.8, 4) is 0 Å². The number of rotatable bonds is 2. The fourth-order valence-electron chi connectivity index (χ4n) is 1.70. The Morgan fingerprint density at radius 1 is 1.27 bits per heavy atom. The number of benzene rings is 1. The summed E-state index contributed by atoms with van der Waals surface area (Å²) in [5.41, 5.74) is -3.00. The summed E-state index contributed by atoms with van der Waals surface area (Å²) in [6.07, 6.45) is -3.64. The van der Waals surface area contributed by atoms with Gasteiger partial charge in [-0.1, -0.05) is 6.07 Å². The van der Waals surface area contributed by atoms with Crippen LogP contribution in [0.15, 0.2) is 40.1 Å². The standard InChI is InChI=1S/C13H10F3N3O3/c1-19-11(21)9(6-17-12(19)22)10(20)18-8-4-2-3-7(5-8)13(14,15)16/h2-6H,1H3,(H,17,22)(H,18,20). The maximum atomic E-state index is 12.6. The number of amides is 1. The molecule has 1 aromatic heterocycles. The summed E-state index contributed by atoms with van der Waals surface area (Å²) in [6.45, 7) is 0. The van der Waals surface area contributed by atoms with E-state index in [4.69, 9.17) is 0 Å². The van der Waals surface area contributed by atoms with Crippen LogP contribution < -0.4 is 16.6 Å². The number of hydrogen-bond acceptors (Lipinski definition) is 3. The summed E-state index contributed by atoms with van der Waals surface area (Å²) in [6, 6.07) is 3.98. The maximum absolute atomic E-state index is 12.6. The molecule has 2 rings (SSSR count). The molecule has 1 aromatic carbocycles. The second-order valence-corrected chi connectivity index (χ2v) is 4.40. The van der Waals surface area contributed by atoms with E-state index in [0.717, 1.165) is 24.4 Å². The largest absolute Gasteiger partial charge is 0.416 e. The zero-order chi connectivity index (χ0) is 16.5. The highest BCUT2D eigenvalue weighted by Crippen LogP contribution is 2.30. The first-order valence-corrected chi connectivity index (χ1v) is 5.97. The van der Waals surface area contributed by atoms with Gasteiger partial charge >= 0.3 is 11.9 Å². The lowest BCUT2D eigenvalue weighted by Gasteiger charge is -2.09. The molecule has 2 aromatic rings. The Balaban J connectivity index is 2.32. The quantitative estimate of drug-likeness (QED) is 0.877. The smallest absolute Gasteiger partial charge is 0.322 e. The minimum absolute atomic E-state index is 0.118. The Hall–Kier alpha value is -2.84. The van der Waals surface area contributed by atoms with Crippen molar-refractivity contribution < 1.29 is 18.0 Å². The number of H-pyrrole nitrogens is 1. The van der Waals surface area contributed by atoms with Gasteiger partial charge in [0.2, 0.25) is 0 Å². The van der Waals surface area contributed by atoms with E-state index in [1.54, 1.807) is 0 Å². The zero-order valence-corrected chi connectivity index (χ0v) is 11.2. The van der Waals surface area contributed by atoms with Gasteiger partial charge in [0, 0.05) is 18.9 Å². The fourth-order valence-corrected chi connectivity index (χ4v) is 1.70. The van der Waals surface area contributed by atoms with Crippen molar-refractivity contribution in [3.63, 3.8) is 0 Å². The normalized spacial score (nSPS) is 11.3. The molecule has 0 aliphatic heterocycles. The second-order valence-electron chi connectivity index (χ2n) is 4.40. The molecule has 9 heteroatoms. The monoisotopic (exact) mass is 313 g/mol. The molecule has 0 saturated carbocycles. The molecule has 6 nitrogen and oxygen atoms in total. The van der Waals surface area contributed by atoms with Gasteiger partial charge < -0.3 is 10.3 Å². The lowest BCUT2D eigenvalue weighted by Crippen LogP contribution is -2.37. The van der Waals surface area contributed by atoms with E-state index in [1.807, 2.05) is 0 Å². The summed E-state index contributed by atoms with van der Waals surface area (Å²) < 4.78 is 38.4. The Morgan fingerprint density at radius 2 is 1.95 bits per heavy atom. The molecule has 0 atom stereocenters. The first kappa shape index (κ1) is 15.5. The number of carbonyl (C=O) groups is 1. The van der Waals surface area contributed by atoms with Crippen molar-refractivity contribution in [2.24, 2.45) is 7.05 Å². The van der Waals surface area contributed by atoms with Crippen molar-refractivity contribution in [1.29, 1.82) is 0 Å². The van der Waals surface area contributed by atoms with Gasteiger partial charge in [0.25, 0.3) is 11.5 Å². The number of anilines is 1. The van der Waals surface area contributed by atoms with Crippen LogP contribution in [0, 0.1) is 0 Å². The van der Waals surface area contributed by atoms with E-state index < -0.39 is 28.9 Å². The predicted octanol–water partition coefficient (Wildman–Crippen LogP) is 1.34. The van der Waals surface area contributed by atoms with Crippen LogP contribution in [0.1, 0.15) is 15.9 Å². The van der Waals surface area contributed by atoms with Crippen LogP contribution >= 0.6 is 0 Å². The average molecular weight is 313 g/mol. The third-order valence-corrected chi connectivity index (χ3v) is 2.87. The molecule has 1 heterocycles. The van der Waals surface area contributed by atoms with E-state index in [0.29, 0.717) is 4.57 Å². The Kier molecular flexibility index (Phi) is 3.89. The van der Waals surface area contributed by atoms with Gasteiger partial charge in [-0.2, -0.15) is 13.2 Å². The Bertz CT molecular complexity index is 837. The van der Waals surface area contributed by atoms with Crippen LogP contribution in [-0.2, 0) is 13.2 Å². The number of nitrogens with zero attached hydrogens (tertiary/aromatic N) is 1. The first-order chi connectivity index (χ1) is 10.2. The zero-order valence-electron chi connectivity index (χ0n) is 11.2. The van der Waals surface area contributed by atoms with E-state index in [1.165, 1.54) is 13.1 Å². The first-order valence-electron chi connectivity index (χ1n) is 5.97. The number of halogens is 3. The molecular weight excluding hydrogens is 303 g/mol. The number of alkyl halides is 3. The van der Waals surface area contributed by atoms with Crippen molar-refractivity contribution in [2.45, 2.75) is 6.18 Å². The minimum atomic E-state index is -4.55. The molecule has 0 bridgehead atoms. The van der Waals surface area contributed by atoms with Crippen molar-refractivity contribution in [2.75, 3.05) is 5.32 Å². The van der Waals surface area contributed by atoms with Gasteiger partial charge in [-0.15, -0.1) is 0 Å². The molecule has 0 fully saturated rings. The third kappa shape index (κ3) is 3.08. The number of aromatic nitrogens is 2. The van der Waals surface area contributed by atoms with Crippen LogP contribution in [-0.4, -0.2) is 15.5 Å². The van der Waals surface area contributed by atoms with Gasteiger partial charge in [0.15, 0.2) is 0 Å². The molecule has 0 aliphatic rings. The summed E-state index contributed by atoms with van der Waals surface area (Å²) in [5.74, 6) is -0.920.